The molecular formula is C20H26N4O. The lowest BCUT2D eigenvalue weighted by molar-refractivity contribution is -0.120. The van der Waals surface area contributed by atoms with Crippen molar-refractivity contribution in [2.75, 3.05) is 36.4 Å². The SMILES string of the molecule is Cc1ccc(NC(=O)[C@H](C)N2CCN(c3ccccn3)CC2)c(C)c1. The van der Waals surface area contributed by atoms with Gasteiger partial charge in [0, 0.05) is 38.1 Å². The summed E-state index contributed by atoms with van der Waals surface area (Å²) in [4.78, 5) is 21.5. The molecule has 0 unspecified atom stereocenters. The van der Waals surface area contributed by atoms with Crippen LogP contribution in [0.1, 0.15) is 18.1 Å². The standard InChI is InChI=1S/C20H26N4O/c1-15-7-8-18(16(2)14-15)22-20(25)17(3)23-10-12-24(13-11-23)19-6-4-5-9-21-19/h4-9,14,17H,10-13H2,1-3H3,(H,22,25)/t17-/m0/s1. The Morgan fingerprint density at radius 3 is 2.52 bits per heavy atom. The lowest BCUT2D eigenvalue weighted by Gasteiger charge is -2.38. The molecular weight excluding hydrogens is 312 g/mol. The molecule has 25 heavy (non-hydrogen) atoms. The van der Waals surface area contributed by atoms with E-state index in [0.717, 1.165) is 43.2 Å². The first-order valence-electron chi connectivity index (χ1n) is 8.83. The number of carbonyl (C=O) groups excluding carboxylic acids is 1. The molecule has 1 aliphatic rings. The Labute approximate surface area is 149 Å². The first-order chi connectivity index (χ1) is 12.0. The van der Waals surface area contributed by atoms with E-state index >= 15 is 0 Å². The van der Waals surface area contributed by atoms with Crippen LogP contribution in [-0.4, -0.2) is 48.0 Å². The number of benzene rings is 1. The number of piperazine rings is 1. The third kappa shape index (κ3) is 4.17. The quantitative estimate of drug-likeness (QED) is 0.931. The number of pyridine rings is 1. The maximum absolute atomic E-state index is 12.6. The average Bonchev–Trinajstić information content (AvgIpc) is 2.64. The molecule has 0 radical (unpaired) electrons. The first-order valence-corrected chi connectivity index (χ1v) is 8.83. The number of anilines is 2. The number of aromatic nitrogens is 1. The second-order valence-corrected chi connectivity index (χ2v) is 6.69. The van der Waals surface area contributed by atoms with Crippen LogP contribution >= 0.6 is 0 Å². The lowest BCUT2D eigenvalue weighted by atomic mass is 10.1. The van der Waals surface area contributed by atoms with Crippen molar-refractivity contribution in [3.8, 4) is 0 Å². The minimum Gasteiger partial charge on any atom is -0.354 e. The summed E-state index contributed by atoms with van der Waals surface area (Å²) in [6.45, 7) is 9.56. The predicted octanol–water partition coefficient (Wildman–Crippen LogP) is 2.85. The number of hydrogen-bond donors (Lipinski definition) is 1. The van der Waals surface area contributed by atoms with Gasteiger partial charge in [0.05, 0.1) is 6.04 Å². The third-order valence-electron chi connectivity index (χ3n) is 4.85. The fraction of sp³-hybridized carbons (Fsp3) is 0.400. The van der Waals surface area contributed by atoms with Crippen molar-refractivity contribution in [1.29, 1.82) is 0 Å². The van der Waals surface area contributed by atoms with E-state index in [4.69, 9.17) is 0 Å². The van der Waals surface area contributed by atoms with Crippen LogP contribution in [-0.2, 0) is 4.79 Å². The largest absolute Gasteiger partial charge is 0.354 e. The van der Waals surface area contributed by atoms with Gasteiger partial charge in [0.1, 0.15) is 5.82 Å². The summed E-state index contributed by atoms with van der Waals surface area (Å²) >= 11 is 0. The number of nitrogens with one attached hydrogen (secondary N) is 1. The van der Waals surface area contributed by atoms with Gasteiger partial charge >= 0.3 is 0 Å². The second kappa shape index (κ2) is 7.66. The smallest absolute Gasteiger partial charge is 0.241 e. The van der Waals surface area contributed by atoms with Gasteiger partial charge in [-0.05, 0) is 44.5 Å². The van der Waals surface area contributed by atoms with Crippen LogP contribution in [0.3, 0.4) is 0 Å². The van der Waals surface area contributed by atoms with Gasteiger partial charge in [-0.25, -0.2) is 4.98 Å². The summed E-state index contributed by atoms with van der Waals surface area (Å²) in [7, 11) is 0. The summed E-state index contributed by atoms with van der Waals surface area (Å²) in [5.41, 5.74) is 3.20. The molecule has 1 atom stereocenters. The van der Waals surface area contributed by atoms with Crippen LogP contribution in [0.5, 0.6) is 0 Å². The molecule has 1 fully saturated rings. The lowest BCUT2D eigenvalue weighted by Crippen LogP contribution is -2.53. The molecule has 0 bridgehead atoms. The van der Waals surface area contributed by atoms with Gasteiger partial charge < -0.3 is 10.2 Å². The fourth-order valence-corrected chi connectivity index (χ4v) is 3.24. The Hall–Kier alpha value is -2.40. The highest BCUT2D eigenvalue weighted by Crippen LogP contribution is 2.18. The minimum atomic E-state index is -0.147. The molecule has 1 aromatic carbocycles. The molecule has 2 aromatic rings. The van der Waals surface area contributed by atoms with E-state index in [-0.39, 0.29) is 11.9 Å². The zero-order chi connectivity index (χ0) is 17.8. The van der Waals surface area contributed by atoms with E-state index < -0.39 is 0 Å². The maximum Gasteiger partial charge on any atom is 0.241 e. The zero-order valence-corrected chi connectivity index (χ0v) is 15.2. The molecule has 5 heteroatoms. The molecule has 1 aromatic heterocycles. The molecule has 5 nitrogen and oxygen atoms in total. The Balaban J connectivity index is 1.56. The average molecular weight is 338 g/mol. The Bertz CT molecular complexity index is 724. The Morgan fingerprint density at radius 2 is 1.88 bits per heavy atom. The van der Waals surface area contributed by atoms with Crippen molar-refractivity contribution in [2.45, 2.75) is 26.8 Å². The van der Waals surface area contributed by atoms with Gasteiger partial charge in [-0.3, -0.25) is 9.69 Å². The fourth-order valence-electron chi connectivity index (χ4n) is 3.24. The number of aryl methyl sites for hydroxylation is 2. The summed E-state index contributed by atoms with van der Waals surface area (Å²) in [5, 5.41) is 3.07. The summed E-state index contributed by atoms with van der Waals surface area (Å²) in [6, 6.07) is 11.9. The molecule has 2 heterocycles. The molecule has 132 valence electrons. The number of amides is 1. The molecule has 3 rings (SSSR count). The number of hydrogen-bond acceptors (Lipinski definition) is 4. The highest BCUT2D eigenvalue weighted by atomic mass is 16.2. The van der Waals surface area contributed by atoms with Crippen molar-refractivity contribution < 1.29 is 4.79 Å². The van der Waals surface area contributed by atoms with Gasteiger partial charge in [0.25, 0.3) is 0 Å². The number of carbonyl (C=O) groups is 1. The van der Waals surface area contributed by atoms with E-state index in [0.29, 0.717) is 0 Å². The molecule has 0 saturated carbocycles. The van der Waals surface area contributed by atoms with Crippen LogP contribution in [0.2, 0.25) is 0 Å². The highest BCUT2D eigenvalue weighted by molar-refractivity contribution is 5.95. The molecule has 0 aliphatic carbocycles. The number of rotatable bonds is 4. The van der Waals surface area contributed by atoms with Crippen LogP contribution in [0.25, 0.3) is 0 Å². The van der Waals surface area contributed by atoms with Gasteiger partial charge in [-0.2, -0.15) is 0 Å². The van der Waals surface area contributed by atoms with E-state index in [1.165, 1.54) is 5.56 Å². The van der Waals surface area contributed by atoms with E-state index in [1.54, 1.807) is 0 Å². The van der Waals surface area contributed by atoms with Crippen LogP contribution in [0, 0.1) is 13.8 Å². The number of nitrogens with zero attached hydrogens (tertiary/aromatic N) is 3. The van der Waals surface area contributed by atoms with Crippen LogP contribution in [0.15, 0.2) is 42.6 Å². The third-order valence-corrected chi connectivity index (χ3v) is 4.85. The van der Waals surface area contributed by atoms with Crippen LogP contribution < -0.4 is 10.2 Å². The zero-order valence-electron chi connectivity index (χ0n) is 15.2. The normalized spacial score (nSPS) is 16.5. The van der Waals surface area contributed by atoms with Gasteiger partial charge in [-0.15, -0.1) is 0 Å². The van der Waals surface area contributed by atoms with Gasteiger partial charge in [0.2, 0.25) is 5.91 Å². The maximum atomic E-state index is 12.6. The van der Waals surface area contributed by atoms with Crippen molar-refractivity contribution in [1.82, 2.24) is 9.88 Å². The van der Waals surface area contributed by atoms with E-state index in [1.807, 2.05) is 50.4 Å². The highest BCUT2D eigenvalue weighted by Gasteiger charge is 2.26. The molecule has 1 amide bonds. The van der Waals surface area contributed by atoms with Crippen molar-refractivity contribution in [2.24, 2.45) is 0 Å². The second-order valence-electron chi connectivity index (χ2n) is 6.69. The Kier molecular flexibility index (Phi) is 5.34. The van der Waals surface area contributed by atoms with Crippen molar-refractivity contribution >= 4 is 17.4 Å². The summed E-state index contributed by atoms with van der Waals surface area (Å²) in [5.74, 6) is 1.06. The molecule has 1 aliphatic heterocycles. The van der Waals surface area contributed by atoms with E-state index in [2.05, 4.69) is 33.1 Å². The molecule has 0 spiro atoms. The van der Waals surface area contributed by atoms with Crippen LogP contribution in [0.4, 0.5) is 11.5 Å². The van der Waals surface area contributed by atoms with Gasteiger partial charge in [0.15, 0.2) is 0 Å². The van der Waals surface area contributed by atoms with E-state index in [9.17, 15) is 4.79 Å². The van der Waals surface area contributed by atoms with Crippen molar-refractivity contribution in [3.63, 3.8) is 0 Å². The van der Waals surface area contributed by atoms with Gasteiger partial charge in [-0.1, -0.05) is 23.8 Å². The first kappa shape index (κ1) is 17.4. The minimum absolute atomic E-state index is 0.0539. The summed E-state index contributed by atoms with van der Waals surface area (Å²) in [6.07, 6.45) is 1.82. The molecule has 1 saturated heterocycles. The monoisotopic (exact) mass is 338 g/mol. The Morgan fingerprint density at radius 1 is 1.12 bits per heavy atom. The van der Waals surface area contributed by atoms with Crippen molar-refractivity contribution in [3.05, 3.63) is 53.7 Å². The summed E-state index contributed by atoms with van der Waals surface area (Å²) < 4.78 is 0. The predicted molar refractivity (Wildman–Crippen MR) is 102 cm³/mol. The molecule has 1 N–H and O–H groups in total. The topological polar surface area (TPSA) is 48.5 Å².